The first-order chi connectivity index (χ1) is 11.5. The fraction of sp³-hybridized carbons (Fsp3) is 0.842. The second-order valence-electron chi connectivity index (χ2n) is 8.62. The summed E-state index contributed by atoms with van der Waals surface area (Å²) in [6.45, 7) is 10.5. The summed E-state index contributed by atoms with van der Waals surface area (Å²) in [7, 11) is 3.59. The Bertz CT molecular complexity index is 485. The normalized spacial score (nSPS) is 21.5. The monoisotopic (exact) mass is 353 g/mol. The van der Waals surface area contributed by atoms with Crippen LogP contribution >= 0.6 is 0 Å². The second-order valence-corrected chi connectivity index (χ2v) is 8.62. The van der Waals surface area contributed by atoms with Crippen molar-refractivity contribution in [3.63, 3.8) is 0 Å². The van der Waals surface area contributed by atoms with Crippen molar-refractivity contribution < 1.29 is 14.4 Å². The minimum Gasteiger partial charge on any atom is -0.342 e. The number of piperidine rings is 1. The number of hydrogen-bond donors (Lipinski definition) is 1. The molecule has 1 saturated heterocycles. The van der Waals surface area contributed by atoms with Crippen molar-refractivity contribution in [1.29, 1.82) is 0 Å². The first kappa shape index (κ1) is 21.6. The first-order valence-electron chi connectivity index (χ1n) is 9.23. The maximum Gasteiger partial charge on any atom is 0.246 e. The number of aldehydes is 1. The predicted octanol–water partition coefficient (Wildman–Crippen LogP) is 1.68. The Kier molecular flexibility index (Phi) is 7.60. The summed E-state index contributed by atoms with van der Waals surface area (Å²) in [5.41, 5.74) is -0.446. The smallest absolute Gasteiger partial charge is 0.246 e. The van der Waals surface area contributed by atoms with E-state index in [0.717, 1.165) is 32.1 Å². The lowest BCUT2D eigenvalue weighted by Crippen LogP contribution is -2.60. The molecule has 1 aliphatic rings. The van der Waals surface area contributed by atoms with Gasteiger partial charge in [-0.2, -0.15) is 0 Å². The molecule has 1 fully saturated rings. The second kappa shape index (κ2) is 8.79. The van der Waals surface area contributed by atoms with Gasteiger partial charge >= 0.3 is 0 Å². The highest BCUT2D eigenvalue weighted by molar-refractivity contribution is 5.91. The molecule has 0 bridgehead atoms. The molecule has 0 radical (unpaired) electrons. The summed E-state index contributed by atoms with van der Waals surface area (Å²) in [6, 6.07) is -1.35. The maximum atomic E-state index is 13.0. The Morgan fingerprint density at radius 1 is 1.24 bits per heavy atom. The summed E-state index contributed by atoms with van der Waals surface area (Å²) in [5, 5.41) is 2.97. The van der Waals surface area contributed by atoms with Crippen molar-refractivity contribution in [2.45, 2.75) is 72.0 Å². The predicted molar refractivity (Wildman–Crippen MR) is 99.1 cm³/mol. The van der Waals surface area contributed by atoms with Crippen molar-refractivity contribution in [2.24, 2.45) is 11.3 Å². The molecule has 1 N–H and O–H groups in total. The number of nitrogens with one attached hydrogen (secondary N) is 1. The van der Waals surface area contributed by atoms with Gasteiger partial charge in [0.25, 0.3) is 0 Å². The van der Waals surface area contributed by atoms with Crippen LogP contribution < -0.4 is 5.32 Å². The van der Waals surface area contributed by atoms with Crippen LogP contribution in [0.4, 0.5) is 0 Å². The lowest BCUT2D eigenvalue weighted by molar-refractivity contribution is -0.143. The Morgan fingerprint density at radius 3 is 2.28 bits per heavy atom. The van der Waals surface area contributed by atoms with Crippen LogP contribution in [0.25, 0.3) is 0 Å². The van der Waals surface area contributed by atoms with Gasteiger partial charge in [-0.15, -0.1) is 0 Å². The summed E-state index contributed by atoms with van der Waals surface area (Å²) in [4.78, 5) is 40.7. The summed E-state index contributed by atoms with van der Waals surface area (Å²) in [6.07, 6.45) is 3.74. The number of rotatable bonds is 6. The van der Waals surface area contributed by atoms with Gasteiger partial charge in [0.05, 0.1) is 12.1 Å². The van der Waals surface area contributed by atoms with Crippen molar-refractivity contribution in [3.05, 3.63) is 0 Å². The van der Waals surface area contributed by atoms with E-state index in [-0.39, 0.29) is 23.8 Å². The van der Waals surface area contributed by atoms with Crippen molar-refractivity contribution in [3.8, 4) is 0 Å². The molecule has 1 unspecified atom stereocenters. The average Bonchev–Trinajstić information content (AvgIpc) is 2.51. The zero-order valence-corrected chi connectivity index (χ0v) is 16.8. The number of amides is 2. The van der Waals surface area contributed by atoms with Gasteiger partial charge < -0.3 is 15.0 Å². The van der Waals surface area contributed by atoms with Crippen LogP contribution in [0.5, 0.6) is 0 Å². The molecule has 0 aromatic heterocycles. The van der Waals surface area contributed by atoms with Crippen LogP contribution in [0.3, 0.4) is 0 Å². The van der Waals surface area contributed by atoms with E-state index in [0.29, 0.717) is 0 Å². The van der Waals surface area contributed by atoms with Crippen LogP contribution in [0.2, 0.25) is 0 Å². The molecule has 0 aromatic rings. The number of likely N-dealkylation sites (N-methyl/N-ethyl adjacent to an activating group) is 2. The molecule has 1 heterocycles. The number of hydrogen-bond acceptors (Lipinski definition) is 4. The largest absolute Gasteiger partial charge is 0.342 e. The van der Waals surface area contributed by atoms with Crippen LogP contribution in [0.1, 0.15) is 53.9 Å². The molecule has 3 atom stereocenters. The molecule has 0 aromatic carbocycles. The van der Waals surface area contributed by atoms with E-state index in [4.69, 9.17) is 0 Å². The molecule has 6 nitrogen and oxygen atoms in total. The molecule has 0 spiro atoms. The Hall–Kier alpha value is -1.43. The van der Waals surface area contributed by atoms with E-state index >= 15 is 0 Å². The summed E-state index contributed by atoms with van der Waals surface area (Å²) >= 11 is 0. The van der Waals surface area contributed by atoms with E-state index in [1.165, 1.54) is 4.90 Å². The highest BCUT2D eigenvalue weighted by atomic mass is 16.2. The van der Waals surface area contributed by atoms with E-state index < -0.39 is 17.5 Å². The molecule has 1 rings (SSSR count). The maximum absolute atomic E-state index is 13.0. The molecule has 0 aliphatic carbocycles. The van der Waals surface area contributed by atoms with Crippen LogP contribution in [-0.2, 0) is 14.4 Å². The highest BCUT2D eigenvalue weighted by Gasteiger charge is 2.39. The number of carbonyl (C=O) groups is 3. The fourth-order valence-electron chi connectivity index (χ4n) is 3.34. The molecular weight excluding hydrogens is 318 g/mol. The first-order valence-corrected chi connectivity index (χ1v) is 9.23. The highest BCUT2D eigenvalue weighted by Crippen LogP contribution is 2.24. The van der Waals surface area contributed by atoms with Gasteiger partial charge in [-0.25, -0.2) is 0 Å². The summed E-state index contributed by atoms with van der Waals surface area (Å²) < 4.78 is 0. The number of nitrogens with zero attached hydrogens (tertiary/aromatic N) is 2. The minimum atomic E-state index is -0.665. The van der Waals surface area contributed by atoms with Crippen molar-refractivity contribution >= 4 is 18.1 Å². The minimum absolute atomic E-state index is 0.0206. The molecule has 0 saturated carbocycles. The van der Waals surface area contributed by atoms with Gasteiger partial charge in [0.15, 0.2) is 0 Å². The fourth-order valence-corrected chi connectivity index (χ4v) is 3.34. The third kappa shape index (κ3) is 5.53. The number of carbonyl (C=O) groups excluding carboxylic acids is 3. The van der Waals surface area contributed by atoms with Gasteiger partial charge in [0.1, 0.15) is 12.3 Å². The van der Waals surface area contributed by atoms with Gasteiger partial charge in [-0.3, -0.25) is 14.5 Å². The average molecular weight is 354 g/mol. The van der Waals surface area contributed by atoms with Gasteiger partial charge in [0, 0.05) is 7.05 Å². The third-order valence-corrected chi connectivity index (χ3v) is 5.09. The van der Waals surface area contributed by atoms with Gasteiger partial charge in [0.2, 0.25) is 11.8 Å². The number of likely N-dealkylation sites (tertiary alicyclic amines) is 1. The molecule has 144 valence electrons. The van der Waals surface area contributed by atoms with E-state index in [1.807, 2.05) is 41.7 Å². The van der Waals surface area contributed by atoms with Crippen molar-refractivity contribution in [1.82, 2.24) is 15.1 Å². The zero-order valence-electron chi connectivity index (χ0n) is 16.8. The Morgan fingerprint density at radius 2 is 1.84 bits per heavy atom. The van der Waals surface area contributed by atoms with Crippen LogP contribution in [-0.4, -0.2) is 66.7 Å². The molecule has 6 heteroatoms. The van der Waals surface area contributed by atoms with E-state index in [2.05, 4.69) is 10.2 Å². The zero-order chi connectivity index (χ0) is 19.4. The van der Waals surface area contributed by atoms with Crippen LogP contribution in [0, 0.1) is 11.3 Å². The van der Waals surface area contributed by atoms with E-state index in [9.17, 15) is 14.4 Å². The molecule has 2 amide bonds. The van der Waals surface area contributed by atoms with Gasteiger partial charge in [-0.05, 0) is 37.8 Å². The third-order valence-electron chi connectivity index (χ3n) is 5.09. The van der Waals surface area contributed by atoms with Crippen LogP contribution in [0.15, 0.2) is 0 Å². The Labute approximate surface area is 152 Å². The Balaban J connectivity index is 2.95. The standard InChI is InChI=1S/C19H35N3O3/c1-13(2)15(12-23)22(7)18(25)16(19(3,4)5)20-17(24)14-10-8-9-11-21(14)6/h12-16H,8-11H2,1-7H3,(H,20,24)/t14-,15-,16?/m1/s1. The molecule has 25 heavy (non-hydrogen) atoms. The lowest BCUT2D eigenvalue weighted by atomic mass is 9.85. The van der Waals surface area contributed by atoms with Gasteiger partial charge in [-0.1, -0.05) is 41.0 Å². The van der Waals surface area contributed by atoms with Crippen molar-refractivity contribution in [2.75, 3.05) is 20.6 Å². The quantitative estimate of drug-likeness (QED) is 0.738. The van der Waals surface area contributed by atoms with E-state index in [1.54, 1.807) is 7.05 Å². The summed E-state index contributed by atoms with van der Waals surface area (Å²) in [5.74, 6) is -0.298. The molecule has 1 aliphatic heterocycles. The molecular formula is C19H35N3O3. The SMILES string of the molecule is CC(C)[C@@H](C=O)N(C)C(=O)C(NC(=O)[C@H]1CCCCN1C)C(C)(C)C. The lowest BCUT2D eigenvalue weighted by Gasteiger charge is -2.38. The topological polar surface area (TPSA) is 69.7 Å².